The Morgan fingerprint density at radius 3 is 1.32 bits per heavy atom. The average Bonchev–Trinajstić information content (AvgIpc) is 3.12. The number of nitrogens with one attached hydrogen (secondary N) is 2. The van der Waals surface area contributed by atoms with E-state index in [2.05, 4.69) is 178 Å². The molecule has 0 unspecified atom stereocenters. The predicted octanol–water partition coefficient (Wildman–Crippen LogP) is 0.476. The fourth-order valence-corrected chi connectivity index (χ4v) is 17.3. The van der Waals surface area contributed by atoms with Crippen LogP contribution in [0.5, 0.6) is 0 Å². The number of rotatable bonds is 10. The molecule has 0 saturated carbocycles. The molecule has 9 nitrogen and oxygen atoms in total. The number of hydrogen-bond acceptors (Lipinski definition) is 8. The topological polar surface area (TPSA) is 138 Å². The molecule has 4 aromatic rings. The first-order valence-electron chi connectivity index (χ1n) is 18.3. The SMILES string of the molecule is CC(C)(C)[Si](OC[C@@H]1CC[N+]2=C(NCC[C@H]2CO[Si](c2ccccc2)(c2ccccc2)C(C)(C)C)N1)(c1ccccc1)c1ccccc1.[O-][Cl+3]([O-])([O-])[O-]. The largest absolute Gasteiger partial charge is 0.404 e. The molecule has 0 radical (unpaired) electrons. The van der Waals surface area contributed by atoms with E-state index in [1.807, 2.05) is 0 Å². The molecule has 53 heavy (non-hydrogen) atoms. The van der Waals surface area contributed by atoms with Crippen molar-refractivity contribution in [3.8, 4) is 0 Å². The summed E-state index contributed by atoms with van der Waals surface area (Å²) < 4.78 is 51.3. The lowest BCUT2D eigenvalue weighted by molar-refractivity contribution is -2.00. The van der Waals surface area contributed by atoms with Crippen LogP contribution in [0.2, 0.25) is 10.1 Å². The van der Waals surface area contributed by atoms with Gasteiger partial charge in [-0.05, 0) is 30.8 Å². The standard InChI is InChI=1S/C41H53N3O2Si2.ClHO4/c1-40(2,3)47(35-19-11-7-12-20-35,36-21-13-8-14-22-36)45-31-33-28-30-44-34(27-29-42-39(44)43-33)32-46-48(41(4,5)6,37-23-15-9-16-24-37)38-25-17-10-18-26-38;2-1(3,4)5/h7-26,33-34H,27-32H2,1-6H3,(H,42,43);(H,2,3,4,5)/t33-,34-;/m0./s1. The van der Waals surface area contributed by atoms with Crippen molar-refractivity contribution in [3.05, 3.63) is 121 Å². The van der Waals surface area contributed by atoms with E-state index in [-0.39, 0.29) is 16.1 Å². The molecule has 2 aliphatic heterocycles. The summed E-state index contributed by atoms with van der Waals surface area (Å²) >= 11 is 0. The highest BCUT2D eigenvalue weighted by atomic mass is 35.7. The van der Waals surface area contributed by atoms with Crippen LogP contribution < -0.4 is 50.0 Å². The molecule has 0 saturated heterocycles. The molecule has 0 aromatic heterocycles. The quantitative estimate of drug-likeness (QED) is 0.176. The minimum Gasteiger partial charge on any atom is -0.404 e. The highest BCUT2D eigenvalue weighted by molar-refractivity contribution is 7.00. The van der Waals surface area contributed by atoms with Crippen molar-refractivity contribution >= 4 is 43.3 Å². The van der Waals surface area contributed by atoms with Crippen molar-refractivity contribution in [1.82, 2.24) is 10.6 Å². The van der Waals surface area contributed by atoms with Crippen LogP contribution >= 0.6 is 0 Å². The van der Waals surface area contributed by atoms with Gasteiger partial charge in [-0.2, -0.15) is 0 Å². The van der Waals surface area contributed by atoms with Gasteiger partial charge >= 0.3 is 5.96 Å². The molecular weight excluding hydrogens is 722 g/mol. The smallest absolute Gasteiger partial charge is 0.346 e. The van der Waals surface area contributed by atoms with Gasteiger partial charge in [-0.15, -0.1) is 10.2 Å². The number of nitrogens with zero attached hydrogens (tertiary/aromatic N) is 1. The predicted molar refractivity (Wildman–Crippen MR) is 205 cm³/mol. The maximum absolute atomic E-state index is 8.49. The number of halogens is 1. The second-order valence-electron chi connectivity index (χ2n) is 15.9. The fraction of sp³-hybridized carbons (Fsp3) is 0.390. The molecule has 2 heterocycles. The third-order valence-electron chi connectivity index (χ3n) is 10.4. The van der Waals surface area contributed by atoms with Gasteiger partial charge < -0.3 is 8.85 Å². The summed E-state index contributed by atoms with van der Waals surface area (Å²) in [5, 5.41) is 12.8. The minimum atomic E-state index is -4.94. The van der Waals surface area contributed by atoms with Crippen LogP contribution in [0.25, 0.3) is 0 Å². The van der Waals surface area contributed by atoms with Crippen molar-refractivity contribution in [2.45, 2.75) is 76.5 Å². The van der Waals surface area contributed by atoms with Gasteiger partial charge in [0.25, 0.3) is 16.6 Å². The zero-order valence-corrected chi connectivity index (χ0v) is 34.5. The lowest BCUT2D eigenvalue weighted by atomic mass is 10.1. The first-order chi connectivity index (χ1) is 25.1. The van der Waals surface area contributed by atoms with E-state index in [0.29, 0.717) is 19.3 Å². The summed E-state index contributed by atoms with van der Waals surface area (Å²) in [4.78, 5) is 0. The zero-order valence-electron chi connectivity index (χ0n) is 31.7. The van der Waals surface area contributed by atoms with Crippen LogP contribution in [0.3, 0.4) is 0 Å². The zero-order chi connectivity index (χ0) is 38.3. The van der Waals surface area contributed by atoms with E-state index in [0.717, 1.165) is 31.9 Å². The highest BCUT2D eigenvalue weighted by Crippen LogP contribution is 2.38. The molecular formula is C41H54ClN3O6Si2. The molecule has 12 heteroatoms. The van der Waals surface area contributed by atoms with Crippen molar-refractivity contribution < 1.29 is 42.3 Å². The van der Waals surface area contributed by atoms with Crippen LogP contribution in [0.1, 0.15) is 54.4 Å². The van der Waals surface area contributed by atoms with Crippen LogP contribution in [0.4, 0.5) is 0 Å². The molecule has 2 aliphatic rings. The third-order valence-corrected chi connectivity index (χ3v) is 20.4. The van der Waals surface area contributed by atoms with Gasteiger partial charge in [0, 0.05) is 12.8 Å². The van der Waals surface area contributed by atoms with Gasteiger partial charge in [0.15, 0.2) is 0 Å². The molecule has 2 N–H and O–H groups in total. The third kappa shape index (κ3) is 9.48. The molecule has 0 aliphatic carbocycles. The van der Waals surface area contributed by atoms with Crippen molar-refractivity contribution in [3.63, 3.8) is 0 Å². The van der Waals surface area contributed by atoms with Gasteiger partial charge in [-0.3, -0.25) is 15.2 Å². The lowest BCUT2D eigenvalue weighted by Gasteiger charge is -2.44. The van der Waals surface area contributed by atoms with Crippen LogP contribution in [-0.2, 0) is 8.85 Å². The molecule has 4 aromatic carbocycles. The first-order valence-corrected chi connectivity index (χ1v) is 23.4. The summed E-state index contributed by atoms with van der Waals surface area (Å²) in [7, 11) is -10.2. The molecule has 0 amide bonds. The van der Waals surface area contributed by atoms with Crippen molar-refractivity contribution in [2.24, 2.45) is 0 Å². The van der Waals surface area contributed by atoms with E-state index in [9.17, 15) is 0 Å². The van der Waals surface area contributed by atoms with E-state index in [4.69, 9.17) is 27.5 Å². The van der Waals surface area contributed by atoms with E-state index in [1.165, 1.54) is 20.7 Å². The Hall–Kier alpha value is -3.37. The summed E-state index contributed by atoms with van der Waals surface area (Å²) in [5.74, 6) is 1.12. The Balaban J connectivity index is 0.00000101. The number of guanidine groups is 1. The summed E-state index contributed by atoms with van der Waals surface area (Å²) in [5.41, 5.74) is 0. The molecule has 2 atom stereocenters. The maximum atomic E-state index is 8.49. The summed E-state index contributed by atoms with van der Waals surface area (Å²) in [6, 6.07) is 44.4. The monoisotopic (exact) mass is 775 g/mol. The fourth-order valence-electron chi connectivity index (χ4n) is 8.05. The number of benzene rings is 4. The average molecular weight is 777 g/mol. The molecule has 284 valence electrons. The van der Waals surface area contributed by atoms with E-state index >= 15 is 0 Å². The van der Waals surface area contributed by atoms with Gasteiger partial charge in [-0.1, -0.05) is 163 Å². The molecule has 0 fully saturated rings. The first kappa shape index (κ1) is 40.8. The highest BCUT2D eigenvalue weighted by Gasteiger charge is 2.52. The van der Waals surface area contributed by atoms with E-state index in [1.54, 1.807) is 0 Å². The second kappa shape index (κ2) is 17.0. The normalized spacial score (nSPS) is 18.2. The van der Waals surface area contributed by atoms with Crippen molar-refractivity contribution in [1.29, 1.82) is 0 Å². The second-order valence-corrected chi connectivity index (χ2v) is 25.2. The molecule has 0 bridgehead atoms. The van der Waals surface area contributed by atoms with Crippen LogP contribution in [0.15, 0.2) is 121 Å². The Morgan fingerprint density at radius 1 is 0.604 bits per heavy atom. The van der Waals surface area contributed by atoms with Crippen LogP contribution in [0, 0.1) is 10.2 Å². The number of hydrogen-bond donors (Lipinski definition) is 2. The summed E-state index contributed by atoms with van der Waals surface area (Å²) in [6.07, 6.45) is 2.06. The van der Waals surface area contributed by atoms with Crippen LogP contribution in [-0.4, -0.2) is 65.6 Å². The van der Waals surface area contributed by atoms with Crippen molar-refractivity contribution in [2.75, 3.05) is 26.3 Å². The Kier molecular flexibility index (Phi) is 13.1. The molecule has 0 spiro atoms. The Bertz CT molecular complexity index is 1680. The van der Waals surface area contributed by atoms with E-state index < -0.39 is 26.9 Å². The molecule has 6 rings (SSSR count). The van der Waals surface area contributed by atoms with Gasteiger partial charge in [0.2, 0.25) is 0 Å². The van der Waals surface area contributed by atoms with Gasteiger partial charge in [-0.25, -0.2) is 18.6 Å². The summed E-state index contributed by atoms with van der Waals surface area (Å²) in [6.45, 7) is 17.4. The minimum absolute atomic E-state index is 0.0430. The van der Waals surface area contributed by atoms with Gasteiger partial charge in [0.1, 0.15) is 6.04 Å². The van der Waals surface area contributed by atoms with Gasteiger partial charge in [0.05, 0.1) is 32.3 Å². The Morgan fingerprint density at radius 2 is 0.962 bits per heavy atom. The maximum Gasteiger partial charge on any atom is 0.346 e. The Labute approximate surface area is 319 Å². The lowest BCUT2D eigenvalue weighted by Crippen LogP contribution is -2.69.